The van der Waals surface area contributed by atoms with Crippen molar-refractivity contribution in [2.24, 2.45) is 5.41 Å². The number of fused-ring (bicyclic) bond motifs is 4. The van der Waals surface area contributed by atoms with Gasteiger partial charge in [-0.05, 0) is 30.5 Å². The highest BCUT2D eigenvalue weighted by Crippen LogP contribution is 2.50. The average molecular weight is 348 g/mol. The quantitative estimate of drug-likeness (QED) is 0.672. The summed E-state index contributed by atoms with van der Waals surface area (Å²) in [6.45, 7) is 0.779. The van der Waals surface area contributed by atoms with Crippen molar-refractivity contribution in [1.29, 1.82) is 0 Å². The van der Waals surface area contributed by atoms with Crippen molar-refractivity contribution in [3.8, 4) is 0 Å². The highest BCUT2D eigenvalue weighted by atomic mass is 35.5. The second-order valence-corrected chi connectivity index (χ2v) is 7.16. The Morgan fingerprint density at radius 3 is 2.46 bits per heavy atom. The third kappa shape index (κ3) is 1.69. The monoisotopic (exact) mass is 347 g/mol. The van der Waals surface area contributed by atoms with Crippen molar-refractivity contribution in [2.45, 2.75) is 25.3 Å². The molecule has 6 nitrogen and oxygen atoms in total. The van der Waals surface area contributed by atoms with Crippen molar-refractivity contribution in [1.82, 2.24) is 9.80 Å². The molecule has 126 valence electrons. The van der Waals surface area contributed by atoms with Crippen LogP contribution in [0.4, 0.5) is 10.5 Å². The molecule has 1 aromatic rings. The number of carbonyl (C=O) groups excluding carboxylic acids is 3. The summed E-state index contributed by atoms with van der Waals surface area (Å²) < 4.78 is 0. The fourth-order valence-electron chi connectivity index (χ4n) is 4.48. The minimum absolute atomic E-state index is 0.235. The van der Waals surface area contributed by atoms with E-state index in [2.05, 4.69) is 4.90 Å². The molecule has 1 aromatic carbocycles. The lowest BCUT2D eigenvalue weighted by atomic mass is 9.68. The van der Waals surface area contributed by atoms with Gasteiger partial charge >= 0.3 is 6.03 Å². The predicted octanol–water partition coefficient (Wildman–Crippen LogP) is 1.90. The standard InChI is InChI=1S/C17H18ClN3O3/c1-19-14(22)17(15(23)20(2)16(19)24)9-10-11(18)5-3-6-12(10)21-8-4-7-13(17)21/h3,5-6,13H,4,7-9H2,1-2H3/t13-/m0/s1. The molecule has 0 aromatic heterocycles. The largest absolute Gasteiger partial charge is 0.367 e. The van der Waals surface area contributed by atoms with Crippen LogP contribution in [0.1, 0.15) is 18.4 Å². The second kappa shape index (κ2) is 4.96. The van der Waals surface area contributed by atoms with Gasteiger partial charge in [-0.1, -0.05) is 17.7 Å². The average Bonchev–Trinajstić information content (AvgIpc) is 3.08. The van der Waals surface area contributed by atoms with Crippen LogP contribution < -0.4 is 4.90 Å². The van der Waals surface area contributed by atoms with E-state index in [0.29, 0.717) is 5.02 Å². The number of hydrogen-bond donors (Lipinski definition) is 0. The molecule has 0 unspecified atom stereocenters. The summed E-state index contributed by atoms with van der Waals surface area (Å²) in [7, 11) is 2.88. The van der Waals surface area contributed by atoms with Gasteiger partial charge in [-0.25, -0.2) is 4.79 Å². The van der Waals surface area contributed by atoms with Crippen LogP contribution in [0.2, 0.25) is 5.02 Å². The first-order valence-electron chi connectivity index (χ1n) is 8.04. The van der Waals surface area contributed by atoms with Crippen molar-refractivity contribution >= 4 is 35.1 Å². The minimum atomic E-state index is -1.27. The number of rotatable bonds is 0. The fraction of sp³-hybridized carbons (Fsp3) is 0.471. The molecular formula is C17H18ClN3O3. The van der Waals surface area contributed by atoms with Gasteiger partial charge in [0.25, 0.3) is 0 Å². The third-order valence-electron chi connectivity index (χ3n) is 5.63. The van der Waals surface area contributed by atoms with Gasteiger partial charge < -0.3 is 4.90 Å². The van der Waals surface area contributed by atoms with E-state index in [4.69, 9.17) is 11.6 Å². The lowest BCUT2D eigenvalue weighted by Gasteiger charge is -2.50. The van der Waals surface area contributed by atoms with Gasteiger partial charge in [0, 0.05) is 37.8 Å². The molecule has 3 heterocycles. The molecule has 7 heteroatoms. The molecule has 3 aliphatic heterocycles. The zero-order valence-electron chi connectivity index (χ0n) is 13.6. The summed E-state index contributed by atoms with van der Waals surface area (Å²) in [6, 6.07) is 4.84. The summed E-state index contributed by atoms with van der Waals surface area (Å²) in [4.78, 5) is 42.6. The molecule has 0 saturated carbocycles. The number of imide groups is 2. The molecule has 3 aliphatic rings. The Hall–Kier alpha value is -2.08. The predicted molar refractivity (Wildman–Crippen MR) is 88.9 cm³/mol. The molecule has 0 N–H and O–H groups in total. The highest BCUT2D eigenvalue weighted by molar-refractivity contribution is 6.32. The smallest absolute Gasteiger partial charge is 0.332 e. The first-order chi connectivity index (χ1) is 11.4. The van der Waals surface area contributed by atoms with Crippen LogP contribution in [0.5, 0.6) is 0 Å². The van der Waals surface area contributed by atoms with Gasteiger partial charge in [-0.3, -0.25) is 19.4 Å². The molecule has 1 spiro atoms. The van der Waals surface area contributed by atoms with E-state index in [1.165, 1.54) is 14.1 Å². The highest BCUT2D eigenvalue weighted by Gasteiger charge is 2.63. The van der Waals surface area contributed by atoms with E-state index in [-0.39, 0.29) is 12.5 Å². The van der Waals surface area contributed by atoms with E-state index in [1.54, 1.807) is 6.07 Å². The van der Waals surface area contributed by atoms with Gasteiger partial charge in [0.2, 0.25) is 11.8 Å². The molecule has 0 radical (unpaired) electrons. The lowest BCUT2D eigenvalue weighted by molar-refractivity contribution is -0.159. The second-order valence-electron chi connectivity index (χ2n) is 6.75. The van der Waals surface area contributed by atoms with Gasteiger partial charge in [0.05, 0.1) is 6.04 Å². The van der Waals surface area contributed by atoms with Crippen molar-refractivity contribution in [3.63, 3.8) is 0 Å². The van der Waals surface area contributed by atoms with Crippen LogP contribution in [0.3, 0.4) is 0 Å². The molecule has 24 heavy (non-hydrogen) atoms. The van der Waals surface area contributed by atoms with E-state index >= 15 is 0 Å². The SMILES string of the molecule is CN1C(=O)N(C)C(=O)C2(Cc3c(Cl)cccc3N3CCC[C@H]32)C1=O. The number of anilines is 1. The van der Waals surface area contributed by atoms with E-state index < -0.39 is 23.3 Å². The van der Waals surface area contributed by atoms with Crippen LogP contribution in [0, 0.1) is 5.41 Å². The zero-order chi connectivity index (χ0) is 17.2. The number of urea groups is 1. The van der Waals surface area contributed by atoms with Crippen LogP contribution in [0.25, 0.3) is 0 Å². The molecule has 4 amide bonds. The number of hydrogen-bond acceptors (Lipinski definition) is 4. The summed E-state index contributed by atoms with van der Waals surface area (Å²) >= 11 is 6.39. The zero-order valence-corrected chi connectivity index (χ0v) is 14.3. The van der Waals surface area contributed by atoms with E-state index in [0.717, 1.165) is 40.4 Å². The fourth-order valence-corrected chi connectivity index (χ4v) is 4.72. The van der Waals surface area contributed by atoms with Crippen LogP contribution >= 0.6 is 11.6 Å². The normalized spacial score (nSPS) is 25.4. The maximum atomic E-state index is 13.1. The van der Waals surface area contributed by atoms with Gasteiger partial charge in [-0.2, -0.15) is 0 Å². The number of halogens is 1. The lowest BCUT2D eigenvalue weighted by Crippen LogP contribution is -2.70. The van der Waals surface area contributed by atoms with E-state index in [1.807, 2.05) is 12.1 Å². The Labute approximate surface area is 144 Å². The van der Waals surface area contributed by atoms with Crippen LogP contribution in [-0.4, -0.2) is 54.3 Å². The minimum Gasteiger partial charge on any atom is -0.367 e. The van der Waals surface area contributed by atoms with Crippen molar-refractivity contribution < 1.29 is 14.4 Å². The molecule has 2 fully saturated rings. The van der Waals surface area contributed by atoms with E-state index in [9.17, 15) is 14.4 Å². The molecule has 1 atom stereocenters. The topological polar surface area (TPSA) is 60.9 Å². The van der Waals surface area contributed by atoms with Gasteiger partial charge in [0.15, 0.2) is 5.41 Å². The van der Waals surface area contributed by atoms with Gasteiger partial charge in [-0.15, -0.1) is 0 Å². The number of nitrogens with zero attached hydrogens (tertiary/aromatic N) is 3. The summed E-state index contributed by atoms with van der Waals surface area (Å²) in [5.74, 6) is -0.837. The maximum absolute atomic E-state index is 13.1. The van der Waals surface area contributed by atoms with Crippen molar-refractivity contribution in [2.75, 3.05) is 25.5 Å². The maximum Gasteiger partial charge on any atom is 0.332 e. The molecule has 2 saturated heterocycles. The third-order valence-corrected chi connectivity index (χ3v) is 5.98. The van der Waals surface area contributed by atoms with Crippen LogP contribution in [-0.2, 0) is 16.0 Å². The number of benzene rings is 1. The number of barbiturate groups is 1. The van der Waals surface area contributed by atoms with Gasteiger partial charge in [0.1, 0.15) is 0 Å². The molecule has 0 aliphatic carbocycles. The summed E-state index contributed by atoms with van der Waals surface area (Å²) in [5, 5.41) is 0.556. The van der Waals surface area contributed by atoms with Crippen molar-refractivity contribution in [3.05, 3.63) is 28.8 Å². The Balaban J connectivity index is 1.94. The summed E-state index contributed by atoms with van der Waals surface area (Å²) in [5.41, 5.74) is 0.542. The first-order valence-corrected chi connectivity index (χ1v) is 8.41. The molecule has 4 rings (SSSR count). The number of amides is 4. The molecule has 0 bridgehead atoms. The summed E-state index contributed by atoms with van der Waals surface area (Å²) in [6.07, 6.45) is 1.89. The Bertz CT molecular complexity index is 754. The molecular weight excluding hydrogens is 330 g/mol. The Morgan fingerprint density at radius 2 is 1.79 bits per heavy atom. The number of carbonyl (C=O) groups is 3. The Kier molecular flexibility index (Phi) is 3.19. The Morgan fingerprint density at radius 1 is 1.12 bits per heavy atom. The van der Waals surface area contributed by atoms with Crippen LogP contribution in [0.15, 0.2) is 18.2 Å². The first kappa shape index (κ1) is 15.4.